The van der Waals surface area contributed by atoms with E-state index in [0.717, 1.165) is 22.2 Å². The molecule has 0 saturated carbocycles. The number of sulfonamides is 1. The molecule has 34 heavy (non-hydrogen) atoms. The third kappa shape index (κ3) is 5.08. The van der Waals surface area contributed by atoms with Crippen molar-refractivity contribution in [2.45, 2.75) is 11.3 Å². The lowest BCUT2D eigenvalue weighted by Gasteiger charge is -2.12. The predicted molar refractivity (Wildman–Crippen MR) is 134 cm³/mol. The molecule has 0 amide bonds. The van der Waals surface area contributed by atoms with Gasteiger partial charge in [-0.25, -0.2) is 22.5 Å². The minimum atomic E-state index is -4.01. The number of hydrogen-bond donors (Lipinski definition) is 2. The molecule has 4 rings (SSSR count). The third-order valence-electron chi connectivity index (χ3n) is 4.92. The van der Waals surface area contributed by atoms with Gasteiger partial charge in [-0.1, -0.05) is 35.7 Å². The largest absolute Gasteiger partial charge is 0.370 e. The average Bonchev–Trinajstić information content (AvgIpc) is 3.19. The third-order valence-corrected chi connectivity index (χ3v) is 7.30. The van der Waals surface area contributed by atoms with Gasteiger partial charge in [-0.05, 0) is 46.6 Å². The minimum absolute atomic E-state index is 0.0973. The fourth-order valence-corrected chi connectivity index (χ4v) is 4.98. The van der Waals surface area contributed by atoms with Crippen LogP contribution in [0.4, 0.5) is 10.2 Å². The first-order valence-corrected chi connectivity index (χ1v) is 12.7. The topological polar surface area (TPSA) is 88.4 Å². The second-order valence-electron chi connectivity index (χ2n) is 7.20. The number of halogens is 3. The smallest absolute Gasteiger partial charge is 0.243 e. The van der Waals surface area contributed by atoms with E-state index in [0.29, 0.717) is 35.1 Å². The first-order valence-electron chi connectivity index (χ1n) is 10.1. The Balaban J connectivity index is 1.45. The Bertz CT molecular complexity index is 1520. The molecule has 0 radical (unpaired) electrons. The van der Waals surface area contributed by atoms with Crippen molar-refractivity contribution in [1.29, 1.82) is 0 Å². The monoisotopic (exact) mass is 561 g/mol. The number of aromatic nitrogens is 3. The summed E-state index contributed by atoms with van der Waals surface area (Å²) in [5.74, 6) is 2.03. The second kappa shape index (κ2) is 10.1. The van der Waals surface area contributed by atoms with Crippen LogP contribution in [-0.2, 0) is 10.0 Å². The van der Waals surface area contributed by atoms with Crippen LogP contribution in [0.3, 0.4) is 0 Å². The van der Waals surface area contributed by atoms with Crippen molar-refractivity contribution >= 4 is 49.0 Å². The van der Waals surface area contributed by atoms with Crippen LogP contribution in [0.5, 0.6) is 0 Å². The molecule has 7 nitrogen and oxygen atoms in total. The number of terminal acetylenes is 1. The zero-order chi connectivity index (χ0) is 24.3. The lowest BCUT2D eigenvalue weighted by atomic mass is 10.1. The van der Waals surface area contributed by atoms with Gasteiger partial charge in [-0.2, -0.15) is 9.61 Å². The van der Waals surface area contributed by atoms with Gasteiger partial charge in [0.05, 0.1) is 16.4 Å². The van der Waals surface area contributed by atoms with Crippen molar-refractivity contribution in [1.82, 2.24) is 19.3 Å². The molecule has 2 aromatic carbocycles. The summed E-state index contributed by atoms with van der Waals surface area (Å²) in [6, 6.07) is 12.8. The maximum Gasteiger partial charge on any atom is 0.243 e. The van der Waals surface area contributed by atoms with Gasteiger partial charge in [0.15, 0.2) is 5.65 Å². The van der Waals surface area contributed by atoms with Crippen LogP contribution in [0.1, 0.15) is 12.0 Å². The lowest BCUT2D eigenvalue weighted by molar-refractivity contribution is 0.556. The maximum absolute atomic E-state index is 14.1. The molecule has 2 aromatic heterocycles. The molecule has 0 aliphatic carbocycles. The van der Waals surface area contributed by atoms with E-state index in [4.69, 9.17) is 18.0 Å². The highest BCUT2D eigenvalue weighted by Crippen LogP contribution is 2.30. The Hall–Kier alpha value is -2.97. The number of nitrogens with one attached hydrogen (secondary N) is 2. The van der Waals surface area contributed by atoms with Gasteiger partial charge in [0.1, 0.15) is 16.5 Å². The number of benzene rings is 2. The standard InChI is InChI=1S/C23H18BrClFN5O2S/c1-2-15-8-9-21(19(26)12-15)34(32,33)29-11-5-10-27-22-13-20(16-6-3-4-7-18(16)25)30-23-17(24)14-28-31(22)23/h1,3-4,6-9,12-14,27,29H,5,10-11H2. The van der Waals surface area contributed by atoms with Crippen molar-refractivity contribution in [3.63, 3.8) is 0 Å². The Morgan fingerprint density at radius 3 is 2.71 bits per heavy atom. The van der Waals surface area contributed by atoms with E-state index in [2.05, 4.69) is 42.0 Å². The highest BCUT2D eigenvalue weighted by atomic mass is 79.9. The van der Waals surface area contributed by atoms with Crippen molar-refractivity contribution in [3.8, 4) is 23.6 Å². The first-order chi connectivity index (χ1) is 16.3. The number of hydrogen-bond acceptors (Lipinski definition) is 5. The van der Waals surface area contributed by atoms with Crippen LogP contribution < -0.4 is 10.0 Å². The number of rotatable bonds is 8. The van der Waals surface area contributed by atoms with E-state index < -0.39 is 20.7 Å². The van der Waals surface area contributed by atoms with E-state index in [1.807, 2.05) is 24.3 Å². The molecular weight excluding hydrogens is 545 g/mol. The van der Waals surface area contributed by atoms with Crippen LogP contribution in [0.2, 0.25) is 5.02 Å². The van der Waals surface area contributed by atoms with Crippen molar-refractivity contribution < 1.29 is 12.8 Å². The van der Waals surface area contributed by atoms with E-state index in [-0.39, 0.29) is 12.1 Å². The molecule has 174 valence electrons. The normalized spacial score (nSPS) is 11.5. The van der Waals surface area contributed by atoms with Crippen LogP contribution in [-0.4, -0.2) is 36.1 Å². The molecule has 0 aliphatic rings. The summed E-state index contributed by atoms with van der Waals surface area (Å²) in [7, 11) is -4.01. The molecule has 11 heteroatoms. The zero-order valence-electron chi connectivity index (χ0n) is 17.6. The summed E-state index contributed by atoms with van der Waals surface area (Å²) in [5.41, 5.74) is 2.30. The van der Waals surface area contributed by atoms with Crippen molar-refractivity contribution in [2.24, 2.45) is 0 Å². The zero-order valence-corrected chi connectivity index (χ0v) is 20.8. The molecule has 0 aliphatic heterocycles. The van der Waals surface area contributed by atoms with Crippen LogP contribution >= 0.6 is 27.5 Å². The van der Waals surface area contributed by atoms with Crippen molar-refractivity contribution in [2.75, 3.05) is 18.4 Å². The molecule has 2 heterocycles. The van der Waals surface area contributed by atoms with Gasteiger partial charge < -0.3 is 5.32 Å². The Labute approximate surface area is 209 Å². The fraction of sp³-hybridized carbons (Fsp3) is 0.130. The summed E-state index contributed by atoms with van der Waals surface area (Å²) >= 11 is 9.80. The molecule has 2 N–H and O–H groups in total. The lowest BCUT2D eigenvalue weighted by Crippen LogP contribution is -2.27. The fourth-order valence-electron chi connectivity index (χ4n) is 3.27. The summed E-state index contributed by atoms with van der Waals surface area (Å²) in [4.78, 5) is 4.20. The average molecular weight is 563 g/mol. The van der Waals surface area contributed by atoms with Gasteiger partial charge in [0, 0.05) is 35.3 Å². The Morgan fingerprint density at radius 1 is 1.18 bits per heavy atom. The van der Waals surface area contributed by atoms with Gasteiger partial charge >= 0.3 is 0 Å². The summed E-state index contributed by atoms with van der Waals surface area (Å²) in [5, 5.41) is 8.14. The van der Waals surface area contributed by atoms with Crippen LogP contribution in [0.25, 0.3) is 16.9 Å². The quantitative estimate of drug-likeness (QED) is 0.240. The molecule has 0 bridgehead atoms. The van der Waals surface area contributed by atoms with E-state index in [1.165, 1.54) is 6.07 Å². The van der Waals surface area contributed by atoms with Crippen LogP contribution in [0, 0.1) is 18.2 Å². The summed E-state index contributed by atoms with van der Waals surface area (Å²) < 4.78 is 43.8. The van der Waals surface area contributed by atoms with Gasteiger partial charge in [-0.3, -0.25) is 0 Å². The Kier molecular flexibility index (Phi) is 7.19. The second-order valence-corrected chi connectivity index (χ2v) is 10.2. The van der Waals surface area contributed by atoms with Crippen molar-refractivity contribution in [3.05, 3.63) is 75.6 Å². The van der Waals surface area contributed by atoms with E-state index in [1.54, 1.807) is 16.8 Å². The van der Waals surface area contributed by atoms with Gasteiger partial charge in [0.2, 0.25) is 10.0 Å². The summed E-state index contributed by atoms with van der Waals surface area (Å²) in [6.07, 6.45) is 7.28. The highest BCUT2D eigenvalue weighted by Gasteiger charge is 2.19. The molecule has 0 saturated heterocycles. The maximum atomic E-state index is 14.1. The Morgan fingerprint density at radius 2 is 1.97 bits per heavy atom. The van der Waals surface area contributed by atoms with E-state index >= 15 is 0 Å². The number of nitrogens with zero attached hydrogens (tertiary/aromatic N) is 3. The molecule has 0 atom stereocenters. The highest BCUT2D eigenvalue weighted by molar-refractivity contribution is 9.10. The molecular formula is C23H18BrClFN5O2S. The van der Waals surface area contributed by atoms with E-state index in [9.17, 15) is 12.8 Å². The van der Waals surface area contributed by atoms with Crippen LogP contribution in [0.15, 0.2) is 64.1 Å². The number of anilines is 1. The van der Waals surface area contributed by atoms with Gasteiger partial charge in [-0.15, -0.1) is 6.42 Å². The molecule has 4 aromatic rings. The predicted octanol–water partition coefficient (Wildman–Crippen LogP) is 4.71. The molecule has 0 fully saturated rings. The first kappa shape index (κ1) is 24.2. The van der Waals surface area contributed by atoms with Gasteiger partial charge in [0.25, 0.3) is 0 Å². The number of fused-ring (bicyclic) bond motifs is 1. The molecule has 0 spiro atoms. The summed E-state index contributed by atoms with van der Waals surface area (Å²) in [6.45, 7) is 0.514. The molecule has 0 unspecified atom stereocenters. The minimum Gasteiger partial charge on any atom is -0.370 e. The SMILES string of the molecule is C#Cc1ccc(S(=O)(=O)NCCCNc2cc(-c3ccccc3Cl)nc3c(Br)cnn23)c(F)c1.